The molecular formula is C9H6BrNO3. The highest BCUT2D eigenvalue weighted by Gasteiger charge is 2.06. The van der Waals surface area contributed by atoms with Crippen molar-refractivity contribution in [1.82, 2.24) is 0 Å². The molecule has 0 fully saturated rings. The maximum absolute atomic E-state index is 10.5. The summed E-state index contributed by atoms with van der Waals surface area (Å²) in [5, 5.41) is 1.76. The van der Waals surface area contributed by atoms with Crippen LogP contribution in [0.4, 0.5) is 4.79 Å². The number of nitrogens with two attached hydrogens (primary N) is 1. The van der Waals surface area contributed by atoms with Crippen molar-refractivity contribution in [2.75, 3.05) is 0 Å². The van der Waals surface area contributed by atoms with Crippen LogP contribution in [0.3, 0.4) is 0 Å². The highest BCUT2D eigenvalue weighted by atomic mass is 79.9. The van der Waals surface area contributed by atoms with Gasteiger partial charge in [-0.2, -0.15) is 0 Å². The number of benzene rings is 1. The topological polar surface area (TPSA) is 65.5 Å². The van der Waals surface area contributed by atoms with E-state index >= 15 is 0 Å². The number of hydrogen-bond donors (Lipinski definition) is 1. The molecule has 0 aliphatic rings. The van der Waals surface area contributed by atoms with Crippen molar-refractivity contribution in [2.45, 2.75) is 0 Å². The predicted octanol–water partition coefficient (Wildman–Crippen LogP) is 2.65. The summed E-state index contributed by atoms with van der Waals surface area (Å²) >= 11 is 3.32. The monoisotopic (exact) mass is 255 g/mol. The lowest BCUT2D eigenvalue weighted by atomic mass is 10.2. The van der Waals surface area contributed by atoms with Crippen LogP contribution >= 0.6 is 15.9 Å². The molecule has 5 heteroatoms. The Bertz CT molecular complexity index is 492. The Balaban J connectivity index is 2.53. The molecule has 0 atom stereocenters. The van der Waals surface area contributed by atoms with Crippen molar-refractivity contribution in [2.24, 2.45) is 5.73 Å². The van der Waals surface area contributed by atoms with Crippen LogP contribution in [-0.4, -0.2) is 6.09 Å². The number of primary amides is 1. The molecular weight excluding hydrogens is 250 g/mol. The zero-order valence-corrected chi connectivity index (χ0v) is 8.58. The highest BCUT2D eigenvalue weighted by molar-refractivity contribution is 9.10. The summed E-state index contributed by atoms with van der Waals surface area (Å²) in [6, 6.07) is 3.33. The zero-order chi connectivity index (χ0) is 10.1. The fraction of sp³-hybridized carbons (Fsp3) is 0. The molecule has 1 heterocycles. The SMILES string of the molecule is NC(=O)Oc1cc(Br)c2cocc2c1. The second kappa shape index (κ2) is 3.34. The minimum Gasteiger partial charge on any atom is -0.471 e. The molecule has 2 rings (SSSR count). The summed E-state index contributed by atoms with van der Waals surface area (Å²) in [4.78, 5) is 10.5. The molecule has 0 radical (unpaired) electrons. The first-order chi connectivity index (χ1) is 6.66. The number of rotatable bonds is 1. The molecule has 1 aromatic heterocycles. The van der Waals surface area contributed by atoms with Gasteiger partial charge in [0.2, 0.25) is 0 Å². The van der Waals surface area contributed by atoms with Gasteiger partial charge in [-0.15, -0.1) is 0 Å². The standard InChI is InChI=1S/C9H6BrNO3/c10-8-2-6(14-9(11)12)1-5-3-13-4-7(5)8/h1-4H,(H2,11,12). The molecule has 2 N–H and O–H groups in total. The van der Waals surface area contributed by atoms with Crippen molar-refractivity contribution in [3.63, 3.8) is 0 Å². The van der Waals surface area contributed by atoms with Crippen molar-refractivity contribution < 1.29 is 13.9 Å². The lowest BCUT2D eigenvalue weighted by Crippen LogP contribution is -2.16. The van der Waals surface area contributed by atoms with Crippen LogP contribution in [-0.2, 0) is 0 Å². The van der Waals surface area contributed by atoms with Gasteiger partial charge in [0.25, 0.3) is 0 Å². The quantitative estimate of drug-likeness (QED) is 0.852. The summed E-state index contributed by atoms with van der Waals surface area (Å²) in [6.07, 6.45) is 2.33. The van der Waals surface area contributed by atoms with E-state index in [0.29, 0.717) is 5.75 Å². The van der Waals surface area contributed by atoms with E-state index in [0.717, 1.165) is 15.2 Å². The van der Waals surface area contributed by atoms with Gasteiger partial charge in [0, 0.05) is 15.2 Å². The van der Waals surface area contributed by atoms with E-state index in [1.165, 1.54) is 0 Å². The normalized spacial score (nSPS) is 10.4. The summed E-state index contributed by atoms with van der Waals surface area (Å²) < 4.78 is 10.5. The van der Waals surface area contributed by atoms with Crippen LogP contribution < -0.4 is 10.5 Å². The summed E-state index contributed by atoms with van der Waals surface area (Å²) in [7, 11) is 0. The first-order valence-corrected chi connectivity index (χ1v) is 4.59. The Kier molecular flexibility index (Phi) is 2.17. The molecule has 0 bridgehead atoms. The van der Waals surface area contributed by atoms with Gasteiger partial charge >= 0.3 is 6.09 Å². The van der Waals surface area contributed by atoms with Gasteiger partial charge < -0.3 is 14.9 Å². The Morgan fingerprint density at radius 1 is 1.43 bits per heavy atom. The van der Waals surface area contributed by atoms with E-state index in [1.807, 2.05) is 0 Å². The maximum atomic E-state index is 10.5. The van der Waals surface area contributed by atoms with Gasteiger partial charge in [0.15, 0.2) is 0 Å². The molecule has 0 spiro atoms. The molecule has 0 unspecified atom stereocenters. The smallest absolute Gasteiger partial charge is 0.409 e. The Morgan fingerprint density at radius 2 is 2.21 bits per heavy atom. The summed E-state index contributed by atoms with van der Waals surface area (Å²) in [6.45, 7) is 0. The molecule has 0 aliphatic heterocycles. The Labute approximate surface area is 87.8 Å². The Hall–Kier alpha value is -1.49. The number of halogens is 1. The van der Waals surface area contributed by atoms with Gasteiger partial charge in [-0.05, 0) is 28.1 Å². The largest absolute Gasteiger partial charge is 0.471 e. The van der Waals surface area contributed by atoms with Crippen molar-refractivity contribution in [3.8, 4) is 5.75 Å². The fourth-order valence-electron chi connectivity index (χ4n) is 1.19. The van der Waals surface area contributed by atoms with Crippen LogP contribution in [0.15, 0.2) is 33.5 Å². The lowest BCUT2D eigenvalue weighted by Gasteiger charge is -2.01. The average Bonchev–Trinajstić information content (AvgIpc) is 2.50. The molecule has 0 saturated carbocycles. The van der Waals surface area contributed by atoms with Crippen LogP contribution in [0.2, 0.25) is 0 Å². The third-order valence-electron chi connectivity index (χ3n) is 1.73. The minimum atomic E-state index is -0.834. The zero-order valence-electron chi connectivity index (χ0n) is 6.99. The summed E-state index contributed by atoms with van der Waals surface area (Å²) in [5.41, 5.74) is 4.89. The number of amides is 1. The van der Waals surface area contributed by atoms with Crippen LogP contribution in [0.1, 0.15) is 0 Å². The fourth-order valence-corrected chi connectivity index (χ4v) is 1.73. The van der Waals surface area contributed by atoms with Crippen LogP contribution in [0.5, 0.6) is 5.75 Å². The molecule has 72 valence electrons. The third kappa shape index (κ3) is 1.58. The van der Waals surface area contributed by atoms with Crippen LogP contribution in [0.25, 0.3) is 10.8 Å². The van der Waals surface area contributed by atoms with E-state index in [4.69, 9.17) is 14.9 Å². The van der Waals surface area contributed by atoms with Crippen molar-refractivity contribution in [3.05, 3.63) is 29.1 Å². The van der Waals surface area contributed by atoms with Crippen molar-refractivity contribution in [1.29, 1.82) is 0 Å². The predicted molar refractivity (Wildman–Crippen MR) is 54.1 cm³/mol. The molecule has 0 saturated heterocycles. The van der Waals surface area contributed by atoms with Gasteiger partial charge in [0.05, 0.1) is 12.5 Å². The van der Waals surface area contributed by atoms with E-state index < -0.39 is 6.09 Å². The Morgan fingerprint density at radius 3 is 2.93 bits per heavy atom. The molecule has 4 nitrogen and oxygen atoms in total. The molecule has 0 aliphatic carbocycles. The number of fused-ring (bicyclic) bond motifs is 1. The van der Waals surface area contributed by atoms with E-state index in [-0.39, 0.29) is 0 Å². The van der Waals surface area contributed by atoms with Gasteiger partial charge in [-0.1, -0.05) is 0 Å². The first-order valence-electron chi connectivity index (χ1n) is 3.79. The second-order valence-electron chi connectivity index (χ2n) is 2.70. The number of ether oxygens (including phenoxy) is 1. The van der Waals surface area contributed by atoms with E-state index in [9.17, 15) is 4.79 Å². The first kappa shape index (κ1) is 9.08. The summed E-state index contributed by atoms with van der Waals surface area (Å²) in [5.74, 6) is 0.387. The minimum absolute atomic E-state index is 0.387. The van der Waals surface area contributed by atoms with E-state index in [2.05, 4.69) is 15.9 Å². The highest BCUT2D eigenvalue weighted by Crippen LogP contribution is 2.30. The number of furan rings is 1. The van der Waals surface area contributed by atoms with Crippen LogP contribution in [0, 0.1) is 0 Å². The molecule has 1 amide bonds. The van der Waals surface area contributed by atoms with E-state index in [1.54, 1.807) is 24.7 Å². The molecule has 2 aromatic rings. The van der Waals surface area contributed by atoms with Crippen molar-refractivity contribution >= 4 is 32.8 Å². The number of hydrogen-bond acceptors (Lipinski definition) is 3. The molecule has 14 heavy (non-hydrogen) atoms. The second-order valence-corrected chi connectivity index (χ2v) is 3.56. The number of carbonyl (C=O) groups is 1. The van der Waals surface area contributed by atoms with Gasteiger partial charge in [0.1, 0.15) is 5.75 Å². The third-order valence-corrected chi connectivity index (χ3v) is 2.39. The average molecular weight is 256 g/mol. The molecule has 1 aromatic carbocycles. The van der Waals surface area contributed by atoms with Gasteiger partial charge in [-0.3, -0.25) is 0 Å². The number of carbonyl (C=O) groups excluding carboxylic acids is 1. The maximum Gasteiger partial charge on any atom is 0.409 e. The lowest BCUT2D eigenvalue weighted by molar-refractivity contribution is 0.211. The van der Waals surface area contributed by atoms with Gasteiger partial charge in [-0.25, -0.2) is 4.79 Å².